The van der Waals surface area contributed by atoms with Crippen LogP contribution in [0.5, 0.6) is 11.5 Å². The molecule has 2 aromatic rings. The molecule has 0 radical (unpaired) electrons. The van der Waals surface area contributed by atoms with Gasteiger partial charge in [-0.3, -0.25) is 0 Å². The molecule has 1 atom stereocenters. The van der Waals surface area contributed by atoms with E-state index in [0.717, 1.165) is 35.5 Å². The van der Waals surface area contributed by atoms with Gasteiger partial charge in [-0.15, -0.1) is 0 Å². The summed E-state index contributed by atoms with van der Waals surface area (Å²) in [5.74, 6) is 0.778. The largest absolute Gasteiger partial charge is 0.504 e. The predicted molar refractivity (Wildman–Crippen MR) is 83.3 cm³/mol. The number of phenols is 1. The first-order valence-electron chi connectivity index (χ1n) is 7.14. The average molecular weight is 302 g/mol. The monoisotopic (exact) mass is 301 g/mol. The second kappa shape index (κ2) is 4.65. The number of ether oxygens (including phenoxy) is 1. The molecule has 1 heterocycles. The van der Waals surface area contributed by atoms with Crippen LogP contribution in [0.25, 0.3) is 11.1 Å². The first-order chi connectivity index (χ1) is 10.2. The van der Waals surface area contributed by atoms with Crippen molar-refractivity contribution in [3.63, 3.8) is 0 Å². The second-order valence-corrected chi connectivity index (χ2v) is 6.08. The van der Waals surface area contributed by atoms with Gasteiger partial charge in [-0.1, -0.05) is 17.7 Å². The molecule has 4 heteroatoms. The maximum absolute atomic E-state index is 10.3. The molecule has 1 aliphatic carbocycles. The van der Waals surface area contributed by atoms with Gasteiger partial charge in [-0.2, -0.15) is 0 Å². The Bertz CT molecular complexity index is 742. The lowest BCUT2D eigenvalue weighted by molar-refractivity contribution is 0.371. The molecule has 2 N–H and O–H groups in total. The number of phenolic OH excluding ortho intramolecular Hbond substituents is 1. The van der Waals surface area contributed by atoms with Gasteiger partial charge in [0.25, 0.3) is 0 Å². The zero-order valence-corrected chi connectivity index (χ0v) is 12.5. The van der Waals surface area contributed by atoms with Crippen LogP contribution in [0.2, 0.25) is 5.02 Å². The van der Waals surface area contributed by atoms with E-state index < -0.39 is 0 Å². The predicted octanol–water partition coefficient (Wildman–Crippen LogP) is 3.46. The summed E-state index contributed by atoms with van der Waals surface area (Å²) >= 11 is 6.14. The summed E-state index contributed by atoms with van der Waals surface area (Å²) in [6, 6.07) is 8.06. The van der Waals surface area contributed by atoms with Gasteiger partial charge in [0, 0.05) is 16.6 Å². The van der Waals surface area contributed by atoms with Crippen molar-refractivity contribution >= 4 is 11.6 Å². The number of nitrogens with one attached hydrogen (secondary N) is 1. The summed E-state index contributed by atoms with van der Waals surface area (Å²) in [6.07, 6.45) is 1.85. The van der Waals surface area contributed by atoms with Crippen molar-refractivity contribution in [1.29, 1.82) is 0 Å². The lowest BCUT2D eigenvalue weighted by atomic mass is 9.77. The molecule has 0 amide bonds. The minimum absolute atomic E-state index is 0.217. The van der Waals surface area contributed by atoms with Crippen molar-refractivity contribution < 1.29 is 9.84 Å². The fourth-order valence-electron chi connectivity index (χ4n) is 3.65. The maximum atomic E-state index is 10.3. The van der Waals surface area contributed by atoms with Gasteiger partial charge in [0.1, 0.15) is 0 Å². The average Bonchev–Trinajstić information content (AvgIpc) is 2.47. The fourth-order valence-corrected chi connectivity index (χ4v) is 3.85. The number of methoxy groups -OCH3 is 1. The molecule has 0 fully saturated rings. The molecule has 4 rings (SSSR count). The van der Waals surface area contributed by atoms with Gasteiger partial charge in [-0.25, -0.2) is 0 Å². The second-order valence-electron chi connectivity index (χ2n) is 5.64. The molecule has 0 saturated carbocycles. The number of rotatable bonds is 1. The van der Waals surface area contributed by atoms with E-state index in [1.165, 1.54) is 16.7 Å². The van der Waals surface area contributed by atoms with E-state index in [4.69, 9.17) is 16.3 Å². The first kappa shape index (κ1) is 13.0. The molecule has 0 spiro atoms. The minimum Gasteiger partial charge on any atom is -0.504 e. The highest BCUT2D eigenvalue weighted by molar-refractivity contribution is 6.30. The van der Waals surface area contributed by atoms with Crippen LogP contribution >= 0.6 is 11.6 Å². The van der Waals surface area contributed by atoms with E-state index >= 15 is 0 Å². The Morgan fingerprint density at radius 2 is 2.14 bits per heavy atom. The Balaban J connectivity index is 2.08. The van der Waals surface area contributed by atoms with Gasteiger partial charge in [0.15, 0.2) is 11.5 Å². The molecule has 2 aromatic carbocycles. The van der Waals surface area contributed by atoms with E-state index in [9.17, 15) is 5.11 Å². The smallest absolute Gasteiger partial charge is 0.168 e. The van der Waals surface area contributed by atoms with Crippen LogP contribution in [0.4, 0.5) is 0 Å². The summed E-state index contributed by atoms with van der Waals surface area (Å²) in [6.45, 7) is 0.929. The summed E-state index contributed by atoms with van der Waals surface area (Å²) in [4.78, 5) is 0. The Morgan fingerprint density at radius 3 is 2.95 bits per heavy atom. The fraction of sp³-hybridized carbons (Fsp3) is 0.294. The third kappa shape index (κ3) is 1.84. The van der Waals surface area contributed by atoms with Crippen LogP contribution in [0.15, 0.2) is 24.3 Å². The summed E-state index contributed by atoms with van der Waals surface area (Å²) in [5.41, 5.74) is 5.81. The lowest BCUT2D eigenvalue weighted by Crippen LogP contribution is -2.33. The molecule has 2 aliphatic rings. The molecule has 1 unspecified atom stereocenters. The molecule has 108 valence electrons. The van der Waals surface area contributed by atoms with E-state index in [2.05, 4.69) is 5.32 Å². The van der Waals surface area contributed by atoms with Crippen LogP contribution < -0.4 is 10.1 Å². The van der Waals surface area contributed by atoms with Gasteiger partial charge in [-0.05, 0) is 59.8 Å². The lowest BCUT2D eigenvalue weighted by Gasteiger charge is -2.35. The molecule has 0 saturated heterocycles. The molecule has 3 nitrogen and oxygen atoms in total. The number of fused-ring (bicyclic) bond motifs is 2. The van der Waals surface area contributed by atoms with Crippen molar-refractivity contribution in [2.24, 2.45) is 0 Å². The van der Waals surface area contributed by atoms with Gasteiger partial charge in [0.05, 0.1) is 7.11 Å². The maximum Gasteiger partial charge on any atom is 0.168 e. The summed E-state index contributed by atoms with van der Waals surface area (Å²) in [5, 5.41) is 14.6. The normalized spacial score (nSPS) is 18.9. The van der Waals surface area contributed by atoms with Crippen LogP contribution in [-0.2, 0) is 12.8 Å². The molecule has 21 heavy (non-hydrogen) atoms. The SMILES string of the molecule is COc1c(O)cc2c3c1-c1ccc(Cl)cc1CC3NCC2. The van der Waals surface area contributed by atoms with Crippen molar-refractivity contribution in [1.82, 2.24) is 5.32 Å². The molecule has 1 aliphatic heterocycles. The zero-order valence-electron chi connectivity index (χ0n) is 11.7. The first-order valence-corrected chi connectivity index (χ1v) is 7.51. The highest BCUT2D eigenvalue weighted by Crippen LogP contribution is 2.50. The molecular weight excluding hydrogens is 286 g/mol. The van der Waals surface area contributed by atoms with Gasteiger partial charge in [0.2, 0.25) is 0 Å². The Hall–Kier alpha value is -1.71. The molecule has 0 bridgehead atoms. The van der Waals surface area contributed by atoms with E-state index in [1.807, 2.05) is 24.3 Å². The number of hydrogen-bond acceptors (Lipinski definition) is 3. The standard InChI is InChI=1S/C17H16ClNO2/c1-21-17-14(20)8-9-4-5-19-13-7-10-6-11(18)2-3-12(10)16(17)15(9)13/h2-3,6,8,13,19-20H,4-5,7H2,1H3. The number of hydrogen-bond donors (Lipinski definition) is 2. The number of halogens is 1. The summed E-state index contributed by atoms with van der Waals surface area (Å²) in [7, 11) is 1.60. The van der Waals surface area contributed by atoms with Crippen LogP contribution in [-0.4, -0.2) is 18.8 Å². The van der Waals surface area contributed by atoms with Crippen molar-refractivity contribution in [2.45, 2.75) is 18.9 Å². The zero-order chi connectivity index (χ0) is 14.6. The van der Waals surface area contributed by atoms with Crippen LogP contribution in [0.3, 0.4) is 0 Å². The summed E-state index contributed by atoms with van der Waals surface area (Å²) < 4.78 is 5.49. The van der Waals surface area contributed by atoms with Crippen LogP contribution in [0, 0.1) is 0 Å². The molecule has 0 aromatic heterocycles. The van der Waals surface area contributed by atoms with E-state index in [1.54, 1.807) is 7.11 Å². The van der Waals surface area contributed by atoms with Crippen molar-refractivity contribution in [3.8, 4) is 22.6 Å². The van der Waals surface area contributed by atoms with Gasteiger partial charge < -0.3 is 15.2 Å². The number of benzene rings is 2. The Morgan fingerprint density at radius 1 is 1.29 bits per heavy atom. The quantitative estimate of drug-likeness (QED) is 0.847. The highest BCUT2D eigenvalue weighted by atomic mass is 35.5. The highest BCUT2D eigenvalue weighted by Gasteiger charge is 2.33. The van der Waals surface area contributed by atoms with E-state index in [0.29, 0.717) is 5.75 Å². The Labute approximate surface area is 128 Å². The minimum atomic E-state index is 0.217. The topological polar surface area (TPSA) is 41.5 Å². The Kier molecular flexibility index (Phi) is 2.88. The third-order valence-electron chi connectivity index (χ3n) is 4.48. The van der Waals surface area contributed by atoms with Crippen molar-refractivity contribution in [2.75, 3.05) is 13.7 Å². The third-order valence-corrected chi connectivity index (χ3v) is 4.72. The van der Waals surface area contributed by atoms with Crippen molar-refractivity contribution in [3.05, 3.63) is 46.0 Å². The van der Waals surface area contributed by atoms with E-state index in [-0.39, 0.29) is 11.8 Å². The van der Waals surface area contributed by atoms with Crippen LogP contribution in [0.1, 0.15) is 22.7 Å². The number of aromatic hydroxyl groups is 1. The van der Waals surface area contributed by atoms with Gasteiger partial charge >= 0.3 is 0 Å². The molecular formula is C17H16ClNO2.